The number of hydrogen-bond acceptors (Lipinski definition) is 5. The predicted molar refractivity (Wildman–Crippen MR) is 82.2 cm³/mol. The Balaban J connectivity index is 2.64. The Kier molecular flexibility index (Phi) is 7.12. The highest BCUT2D eigenvalue weighted by Gasteiger charge is 2.37. The fraction of sp³-hybridized carbons (Fsp3) is 0.929. The number of likely N-dealkylation sites (N-methyl/N-ethyl adjacent to an activating group) is 1. The summed E-state index contributed by atoms with van der Waals surface area (Å²) in [6, 6.07) is 0.265. The van der Waals surface area contributed by atoms with E-state index in [4.69, 9.17) is 4.74 Å². The van der Waals surface area contributed by atoms with Crippen molar-refractivity contribution in [1.82, 2.24) is 10.2 Å². The van der Waals surface area contributed by atoms with E-state index in [9.17, 15) is 9.00 Å². The van der Waals surface area contributed by atoms with Gasteiger partial charge in [0.15, 0.2) is 0 Å². The molecular weight excluding hydrogens is 276 g/mol. The maximum Gasteiger partial charge on any atom is 0.326 e. The lowest BCUT2D eigenvalue weighted by Crippen LogP contribution is -2.55. The Morgan fingerprint density at radius 2 is 2.00 bits per heavy atom. The quantitative estimate of drug-likeness (QED) is 0.704. The summed E-state index contributed by atoms with van der Waals surface area (Å²) in [5.41, 5.74) is -0.652. The number of ether oxygens (including phenoxy) is 1. The first-order valence-corrected chi connectivity index (χ1v) is 8.93. The first-order valence-electron chi connectivity index (χ1n) is 7.44. The topological polar surface area (TPSA) is 58.6 Å². The summed E-state index contributed by atoms with van der Waals surface area (Å²) in [5, 5.41) is 3.26. The van der Waals surface area contributed by atoms with Gasteiger partial charge in [0.1, 0.15) is 5.54 Å². The standard InChI is InChI=1S/C14H28N2O3S/c1-5-15-14(4,13(17)19-6-2)11-12(3)16-7-9-20(18)10-8-16/h12,15H,5-11H2,1-4H3. The number of hydrogen-bond donors (Lipinski definition) is 1. The molecule has 0 radical (unpaired) electrons. The molecule has 1 aliphatic heterocycles. The highest BCUT2D eigenvalue weighted by molar-refractivity contribution is 7.85. The zero-order valence-corrected chi connectivity index (χ0v) is 13.9. The molecule has 0 bridgehead atoms. The average molecular weight is 304 g/mol. The van der Waals surface area contributed by atoms with E-state index in [0.717, 1.165) is 31.1 Å². The second kappa shape index (κ2) is 8.10. The molecule has 0 saturated carbocycles. The molecule has 2 atom stereocenters. The molecule has 118 valence electrons. The predicted octanol–water partition coefficient (Wildman–Crippen LogP) is 0.761. The lowest BCUT2D eigenvalue weighted by atomic mass is 9.92. The minimum absolute atomic E-state index is 0.186. The molecule has 20 heavy (non-hydrogen) atoms. The summed E-state index contributed by atoms with van der Waals surface area (Å²) in [6.07, 6.45) is 0.701. The Labute approximate surface area is 124 Å². The van der Waals surface area contributed by atoms with Crippen LogP contribution in [0.3, 0.4) is 0 Å². The zero-order chi connectivity index (χ0) is 15.2. The Morgan fingerprint density at radius 3 is 2.50 bits per heavy atom. The molecule has 1 saturated heterocycles. The van der Waals surface area contributed by atoms with Crippen molar-refractivity contribution in [3.8, 4) is 0 Å². The molecule has 0 amide bonds. The van der Waals surface area contributed by atoms with Gasteiger partial charge in [0.25, 0.3) is 0 Å². The van der Waals surface area contributed by atoms with E-state index < -0.39 is 16.3 Å². The van der Waals surface area contributed by atoms with Crippen LogP contribution in [0.1, 0.15) is 34.1 Å². The van der Waals surface area contributed by atoms with Gasteiger partial charge in [-0.1, -0.05) is 6.92 Å². The molecule has 1 rings (SSSR count). The Morgan fingerprint density at radius 1 is 1.40 bits per heavy atom. The van der Waals surface area contributed by atoms with E-state index in [0.29, 0.717) is 13.0 Å². The molecule has 1 heterocycles. The minimum Gasteiger partial charge on any atom is -0.465 e. The van der Waals surface area contributed by atoms with Crippen molar-refractivity contribution in [1.29, 1.82) is 0 Å². The van der Waals surface area contributed by atoms with Crippen LogP contribution in [0, 0.1) is 0 Å². The molecule has 0 aromatic heterocycles. The highest BCUT2D eigenvalue weighted by atomic mass is 32.2. The van der Waals surface area contributed by atoms with Gasteiger partial charge in [0.2, 0.25) is 0 Å². The van der Waals surface area contributed by atoms with Gasteiger partial charge in [-0.2, -0.15) is 0 Å². The fourth-order valence-electron chi connectivity index (χ4n) is 2.72. The average Bonchev–Trinajstić information content (AvgIpc) is 2.39. The smallest absolute Gasteiger partial charge is 0.326 e. The van der Waals surface area contributed by atoms with Gasteiger partial charge < -0.3 is 10.1 Å². The van der Waals surface area contributed by atoms with Crippen LogP contribution in [0.25, 0.3) is 0 Å². The number of rotatable bonds is 7. The number of nitrogens with zero attached hydrogens (tertiary/aromatic N) is 1. The molecule has 1 fully saturated rings. The molecule has 0 aromatic rings. The second-order valence-corrected chi connectivity index (χ2v) is 7.22. The van der Waals surface area contributed by atoms with Crippen LogP contribution in [0.5, 0.6) is 0 Å². The van der Waals surface area contributed by atoms with Crippen LogP contribution in [-0.4, -0.2) is 64.4 Å². The molecule has 6 heteroatoms. The number of esters is 1. The SMILES string of the molecule is CCNC(C)(CC(C)N1CCS(=O)CC1)C(=O)OCC. The normalized spacial score (nSPS) is 22.2. The zero-order valence-electron chi connectivity index (χ0n) is 13.1. The van der Waals surface area contributed by atoms with Crippen molar-refractivity contribution in [2.45, 2.75) is 45.7 Å². The Hall–Kier alpha value is -0.460. The van der Waals surface area contributed by atoms with E-state index in [-0.39, 0.29) is 12.0 Å². The van der Waals surface area contributed by atoms with E-state index >= 15 is 0 Å². The number of carbonyl (C=O) groups is 1. The molecule has 0 aliphatic carbocycles. The number of carbonyl (C=O) groups excluding carboxylic acids is 1. The third kappa shape index (κ3) is 4.82. The molecule has 5 nitrogen and oxygen atoms in total. The summed E-state index contributed by atoms with van der Waals surface area (Å²) in [7, 11) is -0.665. The summed E-state index contributed by atoms with van der Waals surface area (Å²) in [4.78, 5) is 14.5. The summed E-state index contributed by atoms with van der Waals surface area (Å²) in [5.74, 6) is 1.29. The van der Waals surface area contributed by atoms with Crippen LogP contribution in [0.15, 0.2) is 0 Å². The van der Waals surface area contributed by atoms with Gasteiger partial charge in [0, 0.05) is 41.4 Å². The Bertz CT molecular complexity index is 341. The first-order chi connectivity index (χ1) is 9.42. The lowest BCUT2D eigenvalue weighted by Gasteiger charge is -2.37. The van der Waals surface area contributed by atoms with E-state index in [1.165, 1.54) is 0 Å². The van der Waals surface area contributed by atoms with Crippen LogP contribution in [-0.2, 0) is 20.3 Å². The first kappa shape index (κ1) is 17.6. The van der Waals surface area contributed by atoms with E-state index in [1.807, 2.05) is 20.8 Å². The van der Waals surface area contributed by atoms with Gasteiger partial charge >= 0.3 is 5.97 Å². The van der Waals surface area contributed by atoms with Crippen LogP contribution < -0.4 is 5.32 Å². The van der Waals surface area contributed by atoms with Crippen molar-refractivity contribution >= 4 is 16.8 Å². The molecule has 1 N–H and O–H groups in total. The third-order valence-electron chi connectivity index (χ3n) is 3.83. The maximum absolute atomic E-state index is 12.2. The van der Waals surface area contributed by atoms with E-state index in [2.05, 4.69) is 17.1 Å². The third-order valence-corrected chi connectivity index (χ3v) is 5.11. The van der Waals surface area contributed by atoms with Crippen molar-refractivity contribution in [2.24, 2.45) is 0 Å². The van der Waals surface area contributed by atoms with Crippen LogP contribution in [0.4, 0.5) is 0 Å². The van der Waals surface area contributed by atoms with Gasteiger partial charge in [-0.15, -0.1) is 0 Å². The minimum atomic E-state index is -0.665. The molecule has 0 aromatic carbocycles. The monoisotopic (exact) mass is 304 g/mol. The van der Waals surface area contributed by atoms with Crippen molar-refractivity contribution in [3.05, 3.63) is 0 Å². The fourth-order valence-corrected chi connectivity index (χ4v) is 3.80. The van der Waals surface area contributed by atoms with E-state index in [1.54, 1.807) is 0 Å². The highest BCUT2D eigenvalue weighted by Crippen LogP contribution is 2.19. The van der Waals surface area contributed by atoms with Gasteiger partial charge in [0.05, 0.1) is 6.61 Å². The van der Waals surface area contributed by atoms with Gasteiger partial charge in [-0.05, 0) is 33.7 Å². The van der Waals surface area contributed by atoms with Crippen molar-refractivity contribution in [3.63, 3.8) is 0 Å². The summed E-state index contributed by atoms with van der Waals surface area (Å²) in [6.45, 7) is 10.7. The summed E-state index contributed by atoms with van der Waals surface area (Å²) < 4.78 is 16.6. The molecule has 2 unspecified atom stereocenters. The van der Waals surface area contributed by atoms with Crippen molar-refractivity contribution in [2.75, 3.05) is 37.7 Å². The van der Waals surface area contributed by atoms with Crippen LogP contribution >= 0.6 is 0 Å². The number of nitrogens with one attached hydrogen (secondary N) is 1. The van der Waals surface area contributed by atoms with Crippen LogP contribution in [0.2, 0.25) is 0 Å². The molecular formula is C14H28N2O3S. The van der Waals surface area contributed by atoms with Gasteiger partial charge in [-0.25, -0.2) is 0 Å². The largest absolute Gasteiger partial charge is 0.465 e. The summed E-state index contributed by atoms with van der Waals surface area (Å²) >= 11 is 0. The molecule has 0 spiro atoms. The molecule has 1 aliphatic rings. The maximum atomic E-state index is 12.2. The lowest BCUT2D eigenvalue weighted by molar-refractivity contribution is -0.151. The van der Waals surface area contributed by atoms with Gasteiger partial charge in [-0.3, -0.25) is 13.9 Å². The van der Waals surface area contributed by atoms with Crippen molar-refractivity contribution < 1.29 is 13.7 Å². The second-order valence-electron chi connectivity index (χ2n) is 5.52.